The average molecular weight is 345 g/mol. The van der Waals surface area contributed by atoms with E-state index < -0.39 is 6.10 Å². The molecule has 0 amide bonds. The van der Waals surface area contributed by atoms with Crippen LogP contribution in [0.2, 0.25) is 0 Å². The fraction of sp³-hybridized carbons (Fsp3) is 0.800. The lowest BCUT2D eigenvalue weighted by Crippen LogP contribution is -2.43. The Morgan fingerprint density at radius 3 is 2.60 bits per heavy atom. The first-order valence-corrected chi connectivity index (χ1v) is 10.1. The summed E-state index contributed by atoms with van der Waals surface area (Å²) in [7, 11) is 0. The maximum atomic E-state index is 10.5. The van der Waals surface area contributed by atoms with E-state index in [0.29, 0.717) is 12.0 Å². The molecule has 4 rings (SSSR count). The summed E-state index contributed by atoms with van der Waals surface area (Å²) >= 11 is 0. The van der Waals surface area contributed by atoms with Gasteiger partial charge in [0.1, 0.15) is 5.82 Å². The van der Waals surface area contributed by atoms with Crippen LogP contribution in [0.25, 0.3) is 0 Å². The van der Waals surface area contributed by atoms with Crippen LogP contribution in [0, 0.1) is 11.8 Å². The van der Waals surface area contributed by atoms with E-state index in [-0.39, 0.29) is 24.5 Å². The molecule has 0 unspecified atom stereocenters. The van der Waals surface area contributed by atoms with Gasteiger partial charge in [-0.25, -0.2) is 9.97 Å². The van der Waals surface area contributed by atoms with Crippen LogP contribution < -0.4 is 5.32 Å². The van der Waals surface area contributed by atoms with Crippen LogP contribution in [0.15, 0.2) is 12.3 Å². The molecule has 5 nitrogen and oxygen atoms in total. The van der Waals surface area contributed by atoms with Crippen molar-refractivity contribution < 1.29 is 10.2 Å². The van der Waals surface area contributed by atoms with Crippen molar-refractivity contribution in [2.45, 2.75) is 81.9 Å². The van der Waals surface area contributed by atoms with Gasteiger partial charge in [0.15, 0.2) is 0 Å². The quantitative estimate of drug-likeness (QED) is 0.736. The Labute approximate surface area is 150 Å². The minimum atomic E-state index is -0.416. The third-order valence-electron chi connectivity index (χ3n) is 6.44. The minimum Gasteiger partial charge on any atom is -0.396 e. The van der Waals surface area contributed by atoms with Gasteiger partial charge in [0, 0.05) is 42.4 Å². The molecular formula is C20H31N3O2. The second kappa shape index (κ2) is 7.68. The Kier molecular flexibility index (Phi) is 5.34. The molecule has 1 heterocycles. The van der Waals surface area contributed by atoms with Crippen LogP contribution in [0.5, 0.6) is 0 Å². The second-order valence-corrected chi connectivity index (χ2v) is 8.31. The van der Waals surface area contributed by atoms with Gasteiger partial charge in [-0.3, -0.25) is 0 Å². The van der Waals surface area contributed by atoms with Crippen molar-refractivity contribution in [3.63, 3.8) is 0 Å². The van der Waals surface area contributed by atoms with Crippen molar-refractivity contribution in [2.75, 3.05) is 6.61 Å². The van der Waals surface area contributed by atoms with Crippen molar-refractivity contribution in [3.8, 4) is 0 Å². The van der Waals surface area contributed by atoms with E-state index in [4.69, 9.17) is 4.98 Å². The Morgan fingerprint density at radius 1 is 1.08 bits per heavy atom. The molecule has 3 aliphatic carbocycles. The summed E-state index contributed by atoms with van der Waals surface area (Å²) in [5, 5.41) is 24.1. The molecule has 4 atom stereocenters. The molecule has 3 N–H and O–H groups in total. The highest BCUT2D eigenvalue weighted by Crippen LogP contribution is 2.39. The first kappa shape index (κ1) is 17.4. The average Bonchev–Trinajstić information content (AvgIpc) is 3.43. The van der Waals surface area contributed by atoms with Gasteiger partial charge in [-0.2, -0.15) is 0 Å². The van der Waals surface area contributed by atoms with Crippen molar-refractivity contribution >= 4 is 0 Å². The molecule has 5 heteroatoms. The highest BCUT2D eigenvalue weighted by molar-refractivity contribution is 5.12. The summed E-state index contributed by atoms with van der Waals surface area (Å²) in [6.07, 6.45) is 11.9. The van der Waals surface area contributed by atoms with Crippen LogP contribution in [-0.2, 0) is 6.42 Å². The maximum absolute atomic E-state index is 10.5. The van der Waals surface area contributed by atoms with E-state index in [0.717, 1.165) is 24.4 Å². The van der Waals surface area contributed by atoms with Crippen molar-refractivity contribution in [3.05, 3.63) is 23.8 Å². The van der Waals surface area contributed by atoms with Crippen LogP contribution in [0.4, 0.5) is 0 Å². The summed E-state index contributed by atoms with van der Waals surface area (Å²) < 4.78 is 0. The van der Waals surface area contributed by atoms with E-state index in [1.54, 1.807) is 0 Å². The molecule has 0 aromatic carbocycles. The lowest BCUT2D eigenvalue weighted by molar-refractivity contribution is 0.0714. The zero-order valence-electron chi connectivity index (χ0n) is 15.0. The standard InChI is InChI=1S/C20H31N3O2/c24-12-17-16(10-15-8-9-21-20(23-15)13-6-7-13)18(11-19(17)25)22-14-4-2-1-3-5-14/h8-9,13-14,16-19,22,24-25H,1-7,10-12H2/t16-,17-,18-,19-/m1/s1. The fourth-order valence-electron chi connectivity index (χ4n) is 4.81. The van der Waals surface area contributed by atoms with E-state index in [1.165, 1.54) is 44.9 Å². The molecule has 0 aliphatic heterocycles. The largest absolute Gasteiger partial charge is 0.396 e. The first-order chi connectivity index (χ1) is 12.2. The summed E-state index contributed by atoms with van der Waals surface area (Å²) in [5.41, 5.74) is 1.06. The number of nitrogens with one attached hydrogen (secondary N) is 1. The molecule has 1 aromatic rings. The first-order valence-electron chi connectivity index (χ1n) is 10.1. The third kappa shape index (κ3) is 4.04. The van der Waals surface area contributed by atoms with Gasteiger partial charge in [0.25, 0.3) is 0 Å². The summed E-state index contributed by atoms with van der Waals surface area (Å²) in [6, 6.07) is 2.84. The fourth-order valence-corrected chi connectivity index (χ4v) is 4.81. The molecule has 138 valence electrons. The highest BCUT2D eigenvalue weighted by Gasteiger charge is 2.43. The van der Waals surface area contributed by atoms with Crippen molar-refractivity contribution in [2.24, 2.45) is 11.8 Å². The van der Waals surface area contributed by atoms with E-state index in [2.05, 4.69) is 10.3 Å². The predicted octanol–water partition coefficient (Wildman–Crippen LogP) is 2.18. The number of aromatic nitrogens is 2. The normalized spacial score (nSPS) is 33.7. The Bertz CT molecular complexity index is 572. The van der Waals surface area contributed by atoms with Gasteiger partial charge in [-0.1, -0.05) is 19.3 Å². The molecule has 0 spiro atoms. The number of rotatable bonds is 6. The smallest absolute Gasteiger partial charge is 0.131 e. The van der Waals surface area contributed by atoms with Gasteiger partial charge in [0.05, 0.1) is 6.10 Å². The zero-order chi connectivity index (χ0) is 17.2. The maximum Gasteiger partial charge on any atom is 0.131 e. The number of aliphatic hydroxyl groups is 2. The Morgan fingerprint density at radius 2 is 1.88 bits per heavy atom. The zero-order valence-corrected chi connectivity index (χ0v) is 15.0. The van der Waals surface area contributed by atoms with E-state index in [1.807, 2.05) is 12.3 Å². The second-order valence-electron chi connectivity index (χ2n) is 8.31. The SMILES string of the molecule is OC[C@@H]1[C@@H](Cc2ccnc(C3CC3)n2)[C@H](NC2CCCCC2)C[C@H]1O. The molecule has 25 heavy (non-hydrogen) atoms. The van der Waals surface area contributed by atoms with Crippen LogP contribution in [0.1, 0.15) is 68.8 Å². The molecule has 3 saturated carbocycles. The summed E-state index contributed by atoms with van der Waals surface area (Å²) in [6.45, 7) is 0.0508. The van der Waals surface area contributed by atoms with Crippen LogP contribution >= 0.6 is 0 Å². The number of nitrogens with zero attached hydrogens (tertiary/aromatic N) is 2. The summed E-state index contributed by atoms with van der Waals surface area (Å²) in [5.74, 6) is 1.72. The van der Waals surface area contributed by atoms with Gasteiger partial charge in [-0.15, -0.1) is 0 Å². The number of aliphatic hydroxyl groups excluding tert-OH is 2. The molecule has 0 radical (unpaired) electrons. The lowest BCUT2D eigenvalue weighted by Gasteiger charge is -2.31. The van der Waals surface area contributed by atoms with Crippen LogP contribution in [0.3, 0.4) is 0 Å². The molecular weight excluding hydrogens is 314 g/mol. The molecule has 0 saturated heterocycles. The van der Waals surface area contributed by atoms with Gasteiger partial charge in [0.2, 0.25) is 0 Å². The molecule has 3 aliphatic rings. The Hall–Kier alpha value is -1.04. The highest BCUT2D eigenvalue weighted by atomic mass is 16.3. The number of hydrogen-bond acceptors (Lipinski definition) is 5. The molecule has 0 bridgehead atoms. The predicted molar refractivity (Wildman–Crippen MR) is 96.2 cm³/mol. The van der Waals surface area contributed by atoms with Gasteiger partial charge >= 0.3 is 0 Å². The topological polar surface area (TPSA) is 78.3 Å². The van der Waals surface area contributed by atoms with Crippen molar-refractivity contribution in [1.29, 1.82) is 0 Å². The van der Waals surface area contributed by atoms with E-state index >= 15 is 0 Å². The molecule has 3 fully saturated rings. The van der Waals surface area contributed by atoms with Gasteiger partial charge < -0.3 is 15.5 Å². The lowest BCUT2D eigenvalue weighted by atomic mass is 9.87. The summed E-state index contributed by atoms with van der Waals surface area (Å²) in [4.78, 5) is 9.19. The Balaban J connectivity index is 1.47. The minimum absolute atomic E-state index is 0.0508. The number of hydrogen-bond donors (Lipinski definition) is 3. The van der Waals surface area contributed by atoms with Crippen molar-refractivity contribution in [1.82, 2.24) is 15.3 Å². The molecule has 1 aromatic heterocycles. The monoisotopic (exact) mass is 345 g/mol. The van der Waals surface area contributed by atoms with Gasteiger partial charge in [-0.05, 0) is 50.5 Å². The van der Waals surface area contributed by atoms with Crippen LogP contribution in [-0.4, -0.2) is 45.0 Å². The third-order valence-corrected chi connectivity index (χ3v) is 6.44. The van der Waals surface area contributed by atoms with E-state index in [9.17, 15) is 10.2 Å².